The van der Waals surface area contributed by atoms with E-state index in [4.69, 9.17) is 56.4 Å². The second-order valence-electron chi connectivity index (χ2n) is 7.20. The van der Waals surface area contributed by atoms with E-state index in [1.165, 1.54) is 0 Å². The molecule has 0 fully saturated rings. The van der Waals surface area contributed by atoms with Crippen LogP contribution in [0.1, 0.15) is 22.3 Å². The van der Waals surface area contributed by atoms with Crippen LogP contribution in [0.5, 0.6) is 0 Å². The van der Waals surface area contributed by atoms with Crippen molar-refractivity contribution in [2.75, 3.05) is 0 Å². The minimum Gasteiger partial charge on any atom is -0.247 e. The van der Waals surface area contributed by atoms with Gasteiger partial charge in [0.1, 0.15) is 0 Å². The summed E-state index contributed by atoms with van der Waals surface area (Å²) in [5.41, 5.74) is 5.89. The van der Waals surface area contributed by atoms with Crippen LogP contribution in [0.4, 0.5) is 11.4 Å². The summed E-state index contributed by atoms with van der Waals surface area (Å²) in [5.74, 6) is 0. The highest BCUT2D eigenvalue weighted by Crippen LogP contribution is 2.37. The molecule has 4 aromatic carbocycles. The summed E-state index contributed by atoms with van der Waals surface area (Å²) in [5, 5.41) is 2.33. The van der Waals surface area contributed by atoms with Crippen molar-refractivity contribution in [3.8, 4) is 0 Å². The molecule has 1 heterocycles. The standard InChI is InChI=1S/C26H14Cl4N2/c27-15-9-11-23-19(13-15)25(17-5-1-3-7-21(17)29)31-24-12-10-16(28)14-20(24)26(32-23)18-6-2-4-8-22(18)30/h1-14H. The predicted octanol–water partition coefficient (Wildman–Crippen LogP) is 8.95. The van der Waals surface area contributed by atoms with Gasteiger partial charge in [-0.15, -0.1) is 0 Å². The molecule has 6 heteroatoms. The molecule has 0 amide bonds. The van der Waals surface area contributed by atoms with Crippen LogP contribution in [-0.4, -0.2) is 11.4 Å². The van der Waals surface area contributed by atoms with Gasteiger partial charge >= 0.3 is 0 Å². The van der Waals surface area contributed by atoms with E-state index in [1.54, 1.807) is 12.1 Å². The van der Waals surface area contributed by atoms with E-state index in [0.29, 0.717) is 42.9 Å². The van der Waals surface area contributed by atoms with Gasteiger partial charge in [-0.3, -0.25) is 0 Å². The fourth-order valence-corrected chi connectivity index (χ4v) is 4.46. The minimum absolute atomic E-state index is 0.579. The lowest BCUT2D eigenvalue weighted by Crippen LogP contribution is -2.11. The average molecular weight is 496 g/mol. The summed E-state index contributed by atoms with van der Waals surface area (Å²) in [6.45, 7) is 0. The quantitative estimate of drug-likeness (QED) is 0.233. The summed E-state index contributed by atoms with van der Waals surface area (Å²) in [6.07, 6.45) is 0. The molecule has 156 valence electrons. The number of halogens is 4. The van der Waals surface area contributed by atoms with Crippen LogP contribution in [0.25, 0.3) is 0 Å². The number of hydrogen-bond acceptors (Lipinski definition) is 2. The Morgan fingerprint density at radius 3 is 1.25 bits per heavy atom. The van der Waals surface area contributed by atoms with E-state index in [1.807, 2.05) is 72.8 Å². The summed E-state index contributed by atoms with van der Waals surface area (Å²) < 4.78 is 0. The van der Waals surface area contributed by atoms with E-state index in [9.17, 15) is 0 Å². The Kier molecular flexibility index (Phi) is 5.79. The summed E-state index contributed by atoms with van der Waals surface area (Å²) >= 11 is 25.9. The number of aliphatic imine (C=N–C) groups is 2. The van der Waals surface area contributed by atoms with Gasteiger partial charge < -0.3 is 0 Å². The van der Waals surface area contributed by atoms with E-state index in [2.05, 4.69) is 0 Å². The smallest absolute Gasteiger partial charge is 0.0819 e. The van der Waals surface area contributed by atoms with Crippen LogP contribution in [0, 0.1) is 0 Å². The molecule has 0 aromatic heterocycles. The zero-order chi connectivity index (χ0) is 22.2. The molecule has 0 aliphatic carbocycles. The molecule has 0 unspecified atom stereocenters. The van der Waals surface area contributed by atoms with Crippen LogP contribution in [0.2, 0.25) is 20.1 Å². The van der Waals surface area contributed by atoms with E-state index in [-0.39, 0.29) is 0 Å². The highest BCUT2D eigenvalue weighted by molar-refractivity contribution is 6.38. The first-order valence-electron chi connectivity index (χ1n) is 9.78. The lowest BCUT2D eigenvalue weighted by molar-refractivity contribution is 1.39. The third-order valence-corrected chi connectivity index (χ3v) is 6.28. The van der Waals surface area contributed by atoms with Crippen LogP contribution in [0.15, 0.2) is 94.9 Å². The van der Waals surface area contributed by atoms with Gasteiger partial charge in [0.2, 0.25) is 0 Å². The molecule has 5 rings (SSSR count). The van der Waals surface area contributed by atoms with Crippen molar-refractivity contribution in [3.63, 3.8) is 0 Å². The van der Waals surface area contributed by atoms with Gasteiger partial charge in [0.15, 0.2) is 0 Å². The zero-order valence-electron chi connectivity index (χ0n) is 16.5. The Hall–Kier alpha value is -2.62. The van der Waals surface area contributed by atoms with Crippen LogP contribution in [0.3, 0.4) is 0 Å². The number of benzene rings is 4. The predicted molar refractivity (Wildman–Crippen MR) is 136 cm³/mol. The van der Waals surface area contributed by atoms with Crippen molar-refractivity contribution >= 4 is 69.2 Å². The number of fused-ring (bicyclic) bond motifs is 2. The van der Waals surface area contributed by atoms with Gasteiger partial charge in [0, 0.05) is 42.3 Å². The first-order chi connectivity index (χ1) is 15.5. The maximum Gasteiger partial charge on any atom is 0.0819 e. The van der Waals surface area contributed by atoms with Gasteiger partial charge in [0.05, 0.1) is 22.8 Å². The van der Waals surface area contributed by atoms with Crippen molar-refractivity contribution in [1.82, 2.24) is 0 Å². The second kappa shape index (κ2) is 8.73. The summed E-state index contributed by atoms with van der Waals surface area (Å²) in [4.78, 5) is 10.1. The highest BCUT2D eigenvalue weighted by atomic mass is 35.5. The molecule has 0 saturated carbocycles. The van der Waals surface area contributed by atoms with Crippen molar-refractivity contribution in [3.05, 3.63) is 127 Å². The van der Waals surface area contributed by atoms with Gasteiger partial charge in [-0.25, -0.2) is 9.98 Å². The molecular formula is C26H14Cl4N2. The molecule has 0 saturated heterocycles. The van der Waals surface area contributed by atoms with Gasteiger partial charge in [0.25, 0.3) is 0 Å². The Morgan fingerprint density at radius 2 is 0.844 bits per heavy atom. The third-order valence-electron chi connectivity index (χ3n) is 5.15. The molecule has 0 spiro atoms. The maximum atomic E-state index is 6.57. The SMILES string of the molecule is Clc1ccc2c(c1)C(c1ccccc1Cl)=Nc1ccc(Cl)cc1C(c1ccccc1Cl)=N2. The van der Waals surface area contributed by atoms with E-state index in [0.717, 1.165) is 22.3 Å². The monoisotopic (exact) mass is 494 g/mol. The first-order valence-corrected chi connectivity index (χ1v) is 11.3. The van der Waals surface area contributed by atoms with E-state index >= 15 is 0 Å². The fourth-order valence-electron chi connectivity index (χ4n) is 3.67. The minimum atomic E-state index is 0.579. The second-order valence-corrected chi connectivity index (χ2v) is 8.89. The number of hydrogen-bond donors (Lipinski definition) is 0. The summed E-state index contributed by atoms with van der Waals surface area (Å²) in [7, 11) is 0. The highest BCUT2D eigenvalue weighted by Gasteiger charge is 2.22. The number of nitrogens with zero attached hydrogens (tertiary/aromatic N) is 2. The molecule has 0 N–H and O–H groups in total. The third kappa shape index (κ3) is 3.96. The van der Waals surface area contributed by atoms with Crippen LogP contribution >= 0.6 is 46.4 Å². The lowest BCUT2D eigenvalue weighted by atomic mass is 9.96. The Balaban J connectivity index is 1.89. The largest absolute Gasteiger partial charge is 0.247 e. The Morgan fingerprint density at radius 1 is 0.438 bits per heavy atom. The fraction of sp³-hybridized carbons (Fsp3) is 0. The molecule has 0 radical (unpaired) electrons. The molecular weight excluding hydrogens is 482 g/mol. The van der Waals surface area contributed by atoms with Crippen molar-refractivity contribution in [1.29, 1.82) is 0 Å². The van der Waals surface area contributed by atoms with Crippen LogP contribution < -0.4 is 0 Å². The first kappa shape index (κ1) is 21.2. The van der Waals surface area contributed by atoms with E-state index < -0.39 is 0 Å². The normalized spacial score (nSPS) is 12.8. The topological polar surface area (TPSA) is 24.7 Å². The van der Waals surface area contributed by atoms with Gasteiger partial charge in [-0.1, -0.05) is 82.8 Å². The molecule has 2 nitrogen and oxygen atoms in total. The van der Waals surface area contributed by atoms with Gasteiger partial charge in [-0.05, 0) is 48.5 Å². The van der Waals surface area contributed by atoms with Crippen molar-refractivity contribution in [2.24, 2.45) is 9.98 Å². The Labute approximate surface area is 205 Å². The average Bonchev–Trinajstić information content (AvgIpc) is 2.78. The molecule has 32 heavy (non-hydrogen) atoms. The molecule has 1 aliphatic rings. The molecule has 1 aliphatic heterocycles. The maximum absolute atomic E-state index is 6.57. The van der Waals surface area contributed by atoms with Gasteiger partial charge in [-0.2, -0.15) is 0 Å². The van der Waals surface area contributed by atoms with Crippen molar-refractivity contribution in [2.45, 2.75) is 0 Å². The lowest BCUT2D eigenvalue weighted by Gasteiger charge is -2.19. The molecule has 0 bridgehead atoms. The number of rotatable bonds is 2. The van der Waals surface area contributed by atoms with Crippen LogP contribution in [-0.2, 0) is 0 Å². The molecule has 4 aromatic rings. The molecule has 0 atom stereocenters. The van der Waals surface area contributed by atoms with Crippen molar-refractivity contribution < 1.29 is 0 Å². The Bertz CT molecular complexity index is 1310. The zero-order valence-corrected chi connectivity index (χ0v) is 19.5. The summed E-state index contributed by atoms with van der Waals surface area (Å²) in [6, 6.07) is 26.2.